The van der Waals surface area contributed by atoms with Crippen LogP contribution in [0.5, 0.6) is 0 Å². The Bertz CT molecular complexity index is 224. The standard InChI is InChI=1S/C12H23NO3/c1-3-6-12(15)9-13(10-12)11(14)5-8-16-7-4-2/h15H,3-10H2,1-2H3. The van der Waals surface area contributed by atoms with Crippen LogP contribution in [-0.2, 0) is 9.53 Å². The van der Waals surface area contributed by atoms with Crippen molar-refractivity contribution in [2.45, 2.75) is 45.1 Å². The van der Waals surface area contributed by atoms with Crippen LogP contribution in [0.3, 0.4) is 0 Å². The number of carbonyl (C=O) groups is 1. The number of likely N-dealkylation sites (tertiary alicyclic amines) is 1. The van der Waals surface area contributed by atoms with Crippen LogP contribution in [0, 0.1) is 0 Å². The Morgan fingerprint density at radius 1 is 1.31 bits per heavy atom. The maximum absolute atomic E-state index is 11.6. The molecule has 1 saturated heterocycles. The van der Waals surface area contributed by atoms with Crippen LogP contribution in [0.15, 0.2) is 0 Å². The lowest BCUT2D eigenvalue weighted by Crippen LogP contribution is -2.63. The van der Waals surface area contributed by atoms with Gasteiger partial charge in [-0.15, -0.1) is 0 Å². The van der Waals surface area contributed by atoms with Gasteiger partial charge in [-0.05, 0) is 12.8 Å². The summed E-state index contributed by atoms with van der Waals surface area (Å²) in [5.41, 5.74) is -0.616. The maximum Gasteiger partial charge on any atom is 0.225 e. The summed E-state index contributed by atoms with van der Waals surface area (Å²) in [7, 11) is 0. The first-order chi connectivity index (χ1) is 7.61. The van der Waals surface area contributed by atoms with Crippen LogP contribution in [0.2, 0.25) is 0 Å². The molecule has 1 aliphatic heterocycles. The van der Waals surface area contributed by atoms with E-state index in [1.807, 2.05) is 13.8 Å². The highest BCUT2D eigenvalue weighted by Crippen LogP contribution is 2.26. The smallest absolute Gasteiger partial charge is 0.225 e. The Morgan fingerprint density at radius 2 is 2.00 bits per heavy atom. The van der Waals surface area contributed by atoms with Crippen LogP contribution >= 0.6 is 0 Å². The van der Waals surface area contributed by atoms with Crippen molar-refractivity contribution in [3.63, 3.8) is 0 Å². The first kappa shape index (κ1) is 13.5. The molecule has 16 heavy (non-hydrogen) atoms. The van der Waals surface area contributed by atoms with E-state index in [2.05, 4.69) is 0 Å². The molecule has 0 aliphatic carbocycles. The number of ether oxygens (including phenoxy) is 1. The van der Waals surface area contributed by atoms with Gasteiger partial charge in [-0.1, -0.05) is 20.3 Å². The van der Waals surface area contributed by atoms with E-state index >= 15 is 0 Å². The predicted octanol–water partition coefficient (Wildman–Crippen LogP) is 1.18. The largest absolute Gasteiger partial charge is 0.386 e. The highest BCUT2D eigenvalue weighted by Gasteiger charge is 2.42. The molecule has 1 amide bonds. The molecule has 0 aromatic rings. The SMILES string of the molecule is CCCOCCC(=O)N1CC(O)(CCC)C1. The molecule has 94 valence electrons. The normalized spacial score (nSPS) is 18.3. The average molecular weight is 229 g/mol. The minimum atomic E-state index is -0.616. The molecule has 1 fully saturated rings. The van der Waals surface area contributed by atoms with Crippen LogP contribution in [-0.4, -0.2) is 47.8 Å². The van der Waals surface area contributed by atoms with Crippen molar-refractivity contribution in [2.24, 2.45) is 0 Å². The second kappa shape index (κ2) is 6.21. The van der Waals surface area contributed by atoms with Gasteiger partial charge in [0.1, 0.15) is 0 Å². The minimum Gasteiger partial charge on any atom is -0.386 e. The molecule has 4 heteroatoms. The summed E-state index contributed by atoms with van der Waals surface area (Å²) >= 11 is 0. The van der Waals surface area contributed by atoms with E-state index in [4.69, 9.17) is 4.74 Å². The summed E-state index contributed by atoms with van der Waals surface area (Å²) in [4.78, 5) is 13.3. The maximum atomic E-state index is 11.6. The van der Waals surface area contributed by atoms with Crippen molar-refractivity contribution in [1.82, 2.24) is 4.90 Å². The topological polar surface area (TPSA) is 49.8 Å². The second-order valence-corrected chi connectivity index (χ2v) is 4.59. The lowest BCUT2D eigenvalue weighted by molar-refractivity contribution is -0.157. The minimum absolute atomic E-state index is 0.0943. The zero-order chi connectivity index (χ0) is 12.0. The third-order valence-electron chi connectivity index (χ3n) is 2.85. The van der Waals surface area contributed by atoms with Crippen molar-refractivity contribution < 1.29 is 14.6 Å². The van der Waals surface area contributed by atoms with Gasteiger partial charge in [-0.25, -0.2) is 0 Å². The van der Waals surface area contributed by atoms with Crippen LogP contribution in [0.1, 0.15) is 39.5 Å². The molecular weight excluding hydrogens is 206 g/mol. The van der Waals surface area contributed by atoms with Gasteiger partial charge in [0, 0.05) is 6.61 Å². The lowest BCUT2D eigenvalue weighted by Gasteiger charge is -2.46. The molecule has 1 rings (SSSR count). The van der Waals surface area contributed by atoms with Crippen molar-refractivity contribution in [2.75, 3.05) is 26.3 Å². The van der Waals surface area contributed by atoms with Gasteiger partial charge in [-0.2, -0.15) is 0 Å². The Morgan fingerprint density at radius 3 is 2.56 bits per heavy atom. The zero-order valence-electron chi connectivity index (χ0n) is 10.4. The van der Waals surface area contributed by atoms with E-state index in [0.717, 1.165) is 19.3 Å². The lowest BCUT2D eigenvalue weighted by atomic mass is 9.89. The van der Waals surface area contributed by atoms with Gasteiger partial charge in [0.25, 0.3) is 0 Å². The van der Waals surface area contributed by atoms with Gasteiger partial charge in [0.15, 0.2) is 0 Å². The van der Waals surface area contributed by atoms with Gasteiger partial charge < -0.3 is 14.7 Å². The third kappa shape index (κ3) is 3.76. The Balaban J connectivity index is 2.12. The van der Waals surface area contributed by atoms with E-state index in [0.29, 0.717) is 32.7 Å². The van der Waals surface area contributed by atoms with E-state index in [1.54, 1.807) is 4.90 Å². The number of β-amino-alcohol motifs (C(OH)–C–C–N with tert-alkyl or cyclic N) is 1. The second-order valence-electron chi connectivity index (χ2n) is 4.59. The highest BCUT2D eigenvalue weighted by molar-refractivity contribution is 5.77. The summed E-state index contributed by atoms with van der Waals surface area (Å²) < 4.78 is 5.26. The third-order valence-corrected chi connectivity index (χ3v) is 2.85. The molecule has 0 unspecified atom stereocenters. The number of aliphatic hydroxyl groups is 1. The Hall–Kier alpha value is -0.610. The number of nitrogens with zero attached hydrogens (tertiary/aromatic N) is 1. The molecule has 4 nitrogen and oxygen atoms in total. The molecule has 1 heterocycles. The summed E-state index contributed by atoms with van der Waals surface area (Å²) in [6.07, 6.45) is 3.15. The first-order valence-electron chi connectivity index (χ1n) is 6.19. The first-order valence-corrected chi connectivity index (χ1v) is 6.19. The number of carbonyl (C=O) groups excluding carboxylic acids is 1. The fraction of sp³-hybridized carbons (Fsp3) is 0.917. The number of hydrogen-bond acceptors (Lipinski definition) is 3. The van der Waals surface area contributed by atoms with Crippen molar-refractivity contribution in [3.8, 4) is 0 Å². The number of hydrogen-bond donors (Lipinski definition) is 1. The Kier molecular flexibility index (Phi) is 5.22. The monoisotopic (exact) mass is 229 g/mol. The Labute approximate surface area is 97.6 Å². The molecule has 0 aromatic carbocycles. The van der Waals surface area contributed by atoms with Gasteiger partial charge in [0.2, 0.25) is 5.91 Å². The molecule has 1 aliphatic rings. The molecule has 0 spiro atoms. The van der Waals surface area contributed by atoms with Gasteiger partial charge >= 0.3 is 0 Å². The predicted molar refractivity (Wildman–Crippen MR) is 62.2 cm³/mol. The van der Waals surface area contributed by atoms with E-state index < -0.39 is 5.60 Å². The van der Waals surface area contributed by atoms with Crippen LogP contribution in [0.25, 0.3) is 0 Å². The molecule has 0 aromatic heterocycles. The zero-order valence-corrected chi connectivity index (χ0v) is 10.4. The van der Waals surface area contributed by atoms with Crippen molar-refractivity contribution in [1.29, 1.82) is 0 Å². The highest BCUT2D eigenvalue weighted by atomic mass is 16.5. The van der Waals surface area contributed by atoms with Crippen LogP contribution in [0.4, 0.5) is 0 Å². The molecule has 0 atom stereocenters. The summed E-state index contributed by atoms with van der Waals surface area (Å²) in [6, 6.07) is 0. The summed E-state index contributed by atoms with van der Waals surface area (Å²) in [6.45, 7) is 6.28. The van der Waals surface area contributed by atoms with E-state index in [-0.39, 0.29) is 5.91 Å². The molecule has 0 radical (unpaired) electrons. The number of rotatable bonds is 7. The van der Waals surface area contributed by atoms with Crippen molar-refractivity contribution >= 4 is 5.91 Å². The molecule has 0 saturated carbocycles. The summed E-state index contributed by atoms with van der Waals surface area (Å²) in [5, 5.41) is 9.91. The van der Waals surface area contributed by atoms with E-state index in [9.17, 15) is 9.90 Å². The van der Waals surface area contributed by atoms with Gasteiger partial charge in [-0.3, -0.25) is 4.79 Å². The number of amides is 1. The molecule has 1 N–H and O–H groups in total. The fourth-order valence-corrected chi connectivity index (χ4v) is 2.03. The van der Waals surface area contributed by atoms with E-state index in [1.165, 1.54) is 0 Å². The van der Waals surface area contributed by atoms with Crippen LogP contribution < -0.4 is 0 Å². The van der Waals surface area contributed by atoms with Gasteiger partial charge in [0.05, 0.1) is 31.7 Å². The average Bonchev–Trinajstić information content (AvgIpc) is 2.21. The summed E-state index contributed by atoms with van der Waals surface area (Å²) in [5.74, 6) is 0.0943. The van der Waals surface area contributed by atoms with Crippen molar-refractivity contribution in [3.05, 3.63) is 0 Å². The molecule has 0 bridgehead atoms. The quantitative estimate of drug-likeness (QED) is 0.667. The molecular formula is C12H23NO3. The fourth-order valence-electron chi connectivity index (χ4n) is 2.03.